The minimum Gasteiger partial charge on any atom is -0.492 e. The third kappa shape index (κ3) is 7.51. The lowest BCUT2D eigenvalue weighted by Crippen LogP contribution is -2.40. The molecule has 0 amide bonds. The van der Waals surface area contributed by atoms with Crippen LogP contribution in [-0.2, 0) is 9.47 Å². The van der Waals surface area contributed by atoms with E-state index in [1.165, 1.54) is 0 Å². The number of halogens is 1. The van der Waals surface area contributed by atoms with Gasteiger partial charge in [-0.05, 0) is 31.0 Å². The first-order valence-corrected chi connectivity index (χ1v) is 9.09. The van der Waals surface area contributed by atoms with E-state index in [4.69, 9.17) is 14.2 Å². The molecule has 0 bridgehead atoms. The summed E-state index contributed by atoms with van der Waals surface area (Å²) < 4.78 is 17.7. The number of aliphatic imine (C=N–C) groups is 1. The van der Waals surface area contributed by atoms with Crippen molar-refractivity contribution in [3.8, 4) is 5.75 Å². The molecule has 0 radical (unpaired) electrons. The molecular formula is C17H26BrN3O3. The summed E-state index contributed by atoms with van der Waals surface area (Å²) in [5.41, 5.74) is 0. The van der Waals surface area contributed by atoms with E-state index in [0.29, 0.717) is 13.2 Å². The quantitative estimate of drug-likeness (QED) is 0.378. The molecule has 1 unspecified atom stereocenters. The smallest absolute Gasteiger partial charge is 0.191 e. The molecule has 0 aliphatic carbocycles. The van der Waals surface area contributed by atoms with Crippen LogP contribution in [0.2, 0.25) is 0 Å². The molecule has 2 N–H and O–H groups in total. The predicted molar refractivity (Wildman–Crippen MR) is 98.8 cm³/mol. The number of benzene rings is 1. The van der Waals surface area contributed by atoms with Gasteiger partial charge in [-0.15, -0.1) is 0 Å². The zero-order chi connectivity index (χ0) is 17.0. The molecule has 1 saturated heterocycles. The molecule has 1 heterocycles. The SMILES string of the molecule is CN=C(NCCCOC1CCOC1)NCCOc1cccc(Br)c1. The van der Waals surface area contributed by atoms with Crippen LogP contribution in [0.15, 0.2) is 33.7 Å². The van der Waals surface area contributed by atoms with Crippen LogP contribution in [0.3, 0.4) is 0 Å². The molecule has 1 aliphatic rings. The van der Waals surface area contributed by atoms with Crippen molar-refractivity contribution in [2.45, 2.75) is 18.9 Å². The third-order valence-electron chi connectivity index (χ3n) is 3.54. The Hall–Kier alpha value is -1.31. The minimum atomic E-state index is 0.276. The molecule has 1 aromatic rings. The highest BCUT2D eigenvalue weighted by Crippen LogP contribution is 2.17. The average molecular weight is 400 g/mol. The molecule has 1 atom stereocenters. The van der Waals surface area contributed by atoms with Crippen LogP contribution in [0.1, 0.15) is 12.8 Å². The monoisotopic (exact) mass is 399 g/mol. The van der Waals surface area contributed by atoms with Gasteiger partial charge in [0.2, 0.25) is 0 Å². The highest BCUT2D eigenvalue weighted by molar-refractivity contribution is 9.10. The molecule has 7 heteroatoms. The molecule has 2 rings (SSSR count). The fraction of sp³-hybridized carbons (Fsp3) is 0.588. The number of nitrogens with zero attached hydrogens (tertiary/aromatic N) is 1. The van der Waals surface area contributed by atoms with E-state index < -0.39 is 0 Å². The van der Waals surface area contributed by atoms with Gasteiger partial charge in [0.1, 0.15) is 12.4 Å². The van der Waals surface area contributed by atoms with Crippen LogP contribution in [0.4, 0.5) is 0 Å². The van der Waals surface area contributed by atoms with Crippen molar-refractivity contribution in [2.75, 3.05) is 46.6 Å². The number of hydrogen-bond donors (Lipinski definition) is 2. The van der Waals surface area contributed by atoms with Crippen molar-refractivity contribution in [2.24, 2.45) is 4.99 Å². The Labute approximate surface area is 152 Å². The Morgan fingerprint density at radius 3 is 2.96 bits per heavy atom. The molecule has 0 spiro atoms. The Morgan fingerprint density at radius 1 is 1.33 bits per heavy atom. The second kappa shape index (κ2) is 11.3. The van der Waals surface area contributed by atoms with Gasteiger partial charge in [0.05, 0.1) is 19.3 Å². The van der Waals surface area contributed by atoms with Gasteiger partial charge in [-0.3, -0.25) is 4.99 Å². The van der Waals surface area contributed by atoms with Gasteiger partial charge >= 0.3 is 0 Å². The second-order valence-corrected chi connectivity index (χ2v) is 6.36. The lowest BCUT2D eigenvalue weighted by atomic mass is 10.3. The zero-order valence-corrected chi connectivity index (χ0v) is 15.7. The first kappa shape index (κ1) is 19.0. The summed E-state index contributed by atoms with van der Waals surface area (Å²) in [4.78, 5) is 4.19. The van der Waals surface area contributed by atoms with Gasteiger partial charge in [0, 0.05) is 31.3 Å². The maximum absolute atomic E-state index is 5.73. The molecule has 0 aromatic heterocycles. The van der Waals surface area contributed by atoms with E-state index in [9.17, 15) is 0 Å². The van der Waals surface area contributed by atoms with Crippen LogP contribution < -0.4 is 15.4 Å². The van der Waals surface area contributed by atoms with Crippen LogP contribution >= 0.6 is 15.9 Å². The Morgan fingerprint density at radius 2 is 2.21 bits per heavy atom. The maximum atomic E-state index is 5.73. The van der Waals surface area contributed by atoms with Crippen LogP contribution in [0, 0.1) is 0 Å². The molecule has 6 nitrogen and oxygen atoms in total. The van der Waals surface area contributed by atoms with E-state index in [1.807, 2.05) is 24.3 Å². The topological polar surface area (TPSA) is 64.1 Å². The number of nitrogens with one attached hydrogen (secondary N) is 2. The summed E-state index contributed by atoms with van der Waals surface area (Å²) in [6.45, 7) is 4.37. The summed E-state index contributed by atoms with van der Waals surface area (Å²) in [7, 11) is 1.76. The standard InChI is InChI=1S/C17H26BrN3O3/c1-19-17(20-7-3-9-23-16-6-10-22-13-16)21-8-11-24-15-5-2-4-14(18)12-15/h2,4-5,12,16H,3,6-11,13H2,1H3,(H2,19,20,21). The Kier molecular flexibility index (Phi) is 8.94. The maximum Gasteiger partial charge on any atom is 0.191 e. The highest BCUT2D eigenvalue weighted by Gasteiger charge is 2.15. The molecular weight excluding hydrogens is 374 g/mol. The van der Waals surface area contributed by atoms with E-state index >= 15 is 0 Å². The van der Waals surface area contributed by atoms with Crippen LogP contribution in [0.25, 0.3) is 0 Å². The number of hydrogen-bond acceptors (Lipinski definition) is 4. The van der Waals surface area contributed by atoms with Crippen molar-refractivity contribution in [3.63, 3.8) is 0 Å². The number of ether oxygens (including phenoxy) is 3. The first-order valence-electron chi connectivity index (χ1n) is 8.30. The van der Waals surface area contributed by atoms with Crippen molar-refractivity contribution in [1.82, 2.24) is 10.6 Å². The normalized spacial score (nSPS) is 17.8. The second-order valence-electron chi connectivity index (χ2n) is 5.44. The fourth-order valence-electron chi connectivity index (χ4n) is 2.29. The van der Waals surface area contributed by atoms with E-state index in [-0.39, 0.29) is 6.10 Å². The van der Waals surface area contributed by atoms with Crippen molar-refractivity contribution >= 4 is 21.9 Å². The van der Waals surface area contributed by atoms with E-state index in [0.717, 1.165) is 55.4 Å². The predicted octanol–water partition coefficient (Wildman–Crippen LogP) is 2.19. The Bertz CT molecular complexity index is 508. The average Bonchev–Trinajstić information content (AvgIpc) is 3.10. The summed E-state index contributed by atoms with van der Waals surface area (Å²) >= 11 is 3.43. The number of guanidine groups is 1. The summed E-state index contributed by atoms with van der Waals surface area (Å²) in [5.74, 6) is 1.62. The third-order valence-corrected chi connectivity index (χ3v) is 4.03. The first-order chi connectivity index (χ1) is 11.8. The Balaban J connectivity index is 1.50. The lowest BCUT2D eigenvalue weighted by Gasteiger charge is -2.13. The molecule has 1 aromatic carbocycles. The van der Waals surface area contributed by atoms with Gasteiger partial charge in [-0.25, -0.2) is 0 Å². The van der Waals surface area contributed by atoms with Crippen LogP contribution in [0.5, 0.6) is 5.75 Å². The minimum absolute atomic E-state index is 0.276. The summed E-state index contributed by atoms with van der Waals surface area (Å²) in [5, 5.41) is 6.49. The largest absolute Gasteiger partial charge is 0.492 e. The molecule has 1 aliphatic heterocycles. The van der Waals surface area contributed by atoms with Gasteiger partial charge < -0.3 is 24.8 Å². The molecule has 1 fully saturated rings. The molecule has 0 saturated carbocycles. The van der Waals surface area contributed by atoms with Gasteiger partial charge in [0.15, 0.2) is 5.96 Å². The summed E-state index contributed by atoms with van der Waals surface area (Å²) in [6.07, 6.45) is 2.22. The van der Waals surface area contributed by atoms with Gasteiger partial charge in [0.25, 0.3) is 0 Å². The van der Waals surface area contributed by atoms with Crippen molar-refractivity contribution in [1.29, 1.82) is 0 Å². The van der Waals surface area contributed by atoms with Gasteiger partial charge in [-0.1, -0.05) is 22.0 Å². The van der Waals surface area contributed by atoms with E-state index in [2.05, 4.69) is 31.6 Å². The zero-order valence-electron chi connectivity index (χ0n) is 14.1. The van der Waals surface area contributed by atoms with E-state index in [1.54, 1.807) is 7.05 Å². The van der Waals surface area contributed by atoms with Crippen molar-refractivity contribution < 1.29 is 14.2 Å². The molecule has 24 heavy (non-hydrogen) atoms. The van der Waals surface area contributed by atoms with Gasteiger partial charge in [-0.2, -0.15) is 0 Å². The number of rotatable bonds is 9. The summed E-state index contributed by atoms with van der Waals surface area (Å²) in [6, 6.07) is 7.81. The fourth-order valence-corrected chi connectivity index (χ4v) is 2.67. The highest BCUT2D eigenvalue weighted by atomic mass is 79.9. The lowest BCUT2D eigenvalue weighted by molar-refractivity contribution is 0.0420. The van der Waals surface area contributed by atoms with Crippen LogP contribution in [-0.4, -0.2) is 58.6 Å². The van der Waals surface area contributed by atoms with Crippen molar-refractivity contribution in [3.05, 3.63) is 28.7 Å². The molecule has 134 valence electrons.